The van der Waals surface area contributed by atoms with E-state index in [0.717, 1.165) is 0 Å². The van der Waals surface area contributed by atoms with Crippen LogP contribution in [0.2, 0.25) is 0 Å². The number of hydrogen-bond donors (Lipinski definition) is 0. The molecular formula is C7H11F2IO. The van der Waals surface area contributed by atoms with Gasteiger partial charge in [0, 0.05) is 29.0 Å². The molecule has 0 heterocycles. The summed E-state index contributed by atoms with van der Waals surface area (Å²) in [5.41, 5.74) is -1.54. The molecule has 0 atom stereocenters. The minimum absolute atomic E-state index is 0.297. The Morgan fingerprint density at radius 2 is 1.82 bits per heavy atom. The van der Waals surface area contributed by atoms with Gasteiger partial charge >= 0.3 is 0 Å². The summed E-state index contributed by atoms with van der Waals surface area (Å²) in [6, 6.07) is 0. The quantitative estimate of drug-likeness (QED) is 0.572. The molecule has 0 aliphatic carbocycles. The summed E-state index contributed by atoms with van der Waals surface area (Å²) in [4.78, 5) is 10.8. The summed E-state index contributed by atoms with van der Waals surface area (Å²) in [6.07, 6.45) is -0.297. The Morgan fingerprint density at radius 3 is 1.91 bits per heavy atom. The number of alkyl halides is 2. The van der Waals surface area contributed by atoms with Crippen LogP contribution in [0, 0.1) is 5.41 Å². The predicted molar refractivity (Wildman–Crippen MR) is 48.0 cm³/mol. The Labute approximate surface area is 78.7 Å². The van der Waals surface area contributed by atoms with E-state index >= 15 is 0 Å². The third-order valence-electron chi connectivity index (χ3n) is 1.85. The van der Waals surface area contributed by atoms with E-state index in [1.807, 2.05) is 0 Å². The first-order valence-corrected chi connectivity index (χ1v) is 4.41. The van der Waals surface area contributed by atoms with Gasteiger partial charge in [0.2, 0.25) is 3.79 Å². The van der Waals surface area contributed by atoms with Gasteiger partial charge in [-0.15, -0.1) is 0 Å². The Kier molecular flexibility index (Phi) is 3.41. The molecular weight excluding hydrogens is 265 g/mol. The number of carbonyl (C=O) groups excluding carboxylic acids is 1. The lowest BCUT2D eigenvalue weighted by atomic mass is 9.86. The minimum atomic E-state index is -2.90. The Morgan fingerprint density at radius 1 is 1.45 bits per heavy atom. The largest absolute Gasteiger partial charge is 0.287 e. The zero-order valence-electron chi connectivity index (χ0n) is 6.75. The molecule has 0 rings (SSSR count). The van der Waals surface area contributed by atoms with Gasteiger partial charge in [-0.25, -0.2) is 8.78 Å². The van der Waals surface area contributed by atoms with Crippen LogP contribution in [-0.2, 0) is 4.79 Å². The lowest BCUT2D eigenvalue weighted by Crippen LogP contribution is -2.40. The number of carbonyl (C=O) groups is 1. The van der Waals surface area contributed by atoms with Gasteiger partial charge in [0.15, 0.2) is 0 Å². The van der Waals surface area contributed by atoms with E-state index in [9.17, 15) is 13.6 Å². The smallest absolute Gasteiger partial charge is 0.260 e. The van der Waals surface area contributed by atoms with Gasteiger partial charge in [-0.3, -0.25) is 4.79 Å². The first-order valence-electron chi connectivity index (χ1n) is 3.33. The SMILES string of the molecule is CCC(F)(F)C(C)(C)C(=O)I. The summed E-state index contributed by atoms with van der Waals surface area (Å²) in [5, 5.41) is 0. The molecule has 1 nitrogen and oxygen atoms in total. The molecule has 4 heteroatoms. The fourth-order valence-corrected chi connectivity index (χ4v) is 0.980. The summed E-state index contributed by atoms with van der Waals surface area (Å²) in [5.74, 6) is -2.90. The van der Waals surface area contributed by atoms with E-state index in [1.165, 1.54) is 43.4 Å². The second-order valence-corrected chi connectivity index (χ2v) is 3.94. The van der Waals surface area contributed by atoms with Crippen molar-refractivity contribution in [2.45, 2.75) is 33.1 Å². The first kappa shape index (κ1) is 11.3. The maximum atomic E-state index is 13.0. The molecule has 0 bridgehead atoms. The normalized spacial score (nSPS) is 13.3. The summed E-state index contributed by atoms with van der Waals surface area (Å²) in [7, 11) is 0. The highest BCUT2D eigenvalue weighted by Crippen LogP contribution is 2.40. The van der Waals surface area contributed by atoms with E-state index in [0.29, 0.717) is 0 Å². The maximum Gasteiger partial charge on any atom is 0.260 e. The standard InChI is InChI=1S/C7H11F2IO/c1-4-7(8,9)6(2,3)5(10)11/h4H2,1-3H3. The first-order chi connectivity index (χ1) is 4.75. The average molecular weight is 276 g/mol. The molecule has 0 unspecified atom stereocenters. The molecule has 0 aromatic carbocycles. The van der Waals surface area contributed by atoms with Gasteiger partial charge in [-0.2, -0.15) is 0 Å². The minimum Gasteiger partial charge on any atom is -0.287 e. The number of halogens is 3. The zero-order chi connectivity index (χ0) is 9.28. The molecule has 0 amide bonds. The molecule has 0 spiro atoms. The van der Waals surface area contributed by atoms with Crippen LogP contribution < -0.4 is 0 Å². The van der Waals surface area contributed by atoms with Crippen molar-refractivity contribution in [2.75, 3.05) is 0 Å². The van der Waals surface area contributed by atoms with Crippen molar-refractivity contribution in [1.29, 1.82) is 0 Å². The molecule has 0 aromatic rings. The highest BCUT2D eigenvalue weighted by molar-refractivity contribution is 14.1. The van der Waals surface area contributed by atoms with Crippen molar-refractivity contribution < 1.29 is 13.6 Å². The van der Waals surface area contributed by atoms with Crippen LogP contribution in [0.4, 0.5) is 8.78 Å². The van der Waals surface area contributed by atoms with Crippen LogP contribution in [0.15, 0.2) is 0 Å². The van der Waals surface area contributed by atoms with Gasteiger partial charge in [0.05, 0.1) is 5.41 Å². The fourth-order valence-electron chi connectivity index (χ4n) is 0.586. The second kappa shape index (κ2) is 3.33. The van der Waals surface area contributed by atoms with Crippen LogP contribution in [0.1, 0.15) is 27.2 Å². The highest BCUT2D eigenvalue weighted by Gasteiger charge is 2.49. The van der Waals surface area contributed by atoms with Crippen LogP contribution in [-0.4, -0.2) is 9.71 Å². The Hall–Kier alpha value is 0.260. The fraction of sp³-hybridized carbons (Fsp3) is 0.857. The van der Waals surface area contributed by atoms with Gasteiger partial charge in [0.1, 0.15) is 0 Å². The van der Waals surface area contributed by atoms with Gasteiger partial charge in [-0.05, 0) is 13.8 Å². The second-order valence-electron chi connectivity index (χ2n) is 2.96. The molecule has 0 aromatic heterocycles. The molecule has 0 aliphatic rings. The molecule has 0 radical (unpaired) electrons. The van der Waals surface area contributed by atoms with E-state index in [4.69, 9.17) is 0 Å². The molecule has 0 saturated carbocycles. The Balaban J connectivity index is 4.67. The van der Waals surface area contributed by atoms with Crippen molar-refractivity contribution in [2.24, 2.45) is 5.41 Å². The predicted octanol–water partition coefficient (Wildman–Crippen LogP) is 3.02. The van der Waals surface area contributed by atoms with E-state index in [-0.39, 0.29) is 6.42 Å². The van der Waals surface area contributed by atoms with Gasteiger partial charge in [-0.1, -0.05) is 6.92 Å². The summed E-state index contributed by atoms with van der Waals surface area (Å²) < 4.78 is 25.4. The van der Waals surface area contributed by atoms with Crippen LogP contribution in [0.25, 0.3) is 0 Å². The highest BCUT2D eigenvalue weighted by atomic mass is 127. The van der Waals surface area contributed by atoms with Crippen LogP contribution in [0.5, 0.6) is 0 Å². The number of hydrogen-bond acceptors (Lipinski definition) is 1. The summed E-state index contributed by atoms with van der Waals surface area (Å²) >= 11 is 1.41. The van der Waals surface area contributed by atoms with Crippen molar-refractivity contribution in [3.05, 3.63) is 0 Å². The summed E-state index contributed by atoms with van der Waals surface area (Å²) in [6.45, 7) is 3.91. The van der Waals surface area contributed by atoms with Crippen LogP contribution in [0.3, 0.4) is 0 Å². The van der Waals surface area contributed by atoms with Crippen molar-refractivity contribution in [1.82, 2.24) is 0 Å². The monoisotopic (exact) mass is 276 g/mol. The third kappa shape index (κ3) is 2.10. The number of rotatable bonds is 3. The van der Waals surface area contributed by atoms with E-state index in [2.05, 4.69) is 0 Å². The van der Waals surface area contributed by atoms with Crippen molar-refractivity contribution in [3.8, 4) is 0 Å². The average Bonchev–Trinajstić information content (AvgIpc) is 1.87. The maximum absolute atomic E-state index is 13.0. The van der Waals surface area contributed by atoms with E-state index < -0.39 is 15.1 Å². The molecule has 0 saturated heterocycles. The lowest BCUT2D eigenvalue weighted by Gasteiger charge is -2.29. The molecule has 0 aliphatic heterocycles. The topological polar surface area (TPSA) is 17.1 Å². The van der Waals surface area contributed by atoms with E-state index in [1.54, 1.807) is 0 Å². The van der Waals surface area contributed by atoms with Crippen molar-refractivity contribution >= 4 is 26.4 Å². The van der Waals surface area contributed by atoms with Crippen LogP contribution >= 0.6 is 22.6 Å². The lowest BCUT2D eigenvalue weighted by molar-refractivity contribution is -0.143. The molecule has 66 valence electrons. The van der Waals surface area contributed by atoms with Gasteiger partial charge in [0.25, 0.3) is 5.92 Å². The molecule has 0 fully saturated rings. The third-order valence-corrected chi connectivity index (χ3v) is 3.20. The molecule has 0 N–H and O–H groups in total. The molecule has 11 heavy (non-hydrogen) atoms. The Bertz CT molecular complexity index is 166. The zero-order valence-corrected chi connectivity index (χ0v) is 8.91. The van der Waals surface area contributed by atoms with Gasteiger partial charge < -0.3 is 0 Å². The van der Waals surface area contributed by atoms with Crippen molar-refractivity contribution in [3.63, 3.8) is 0 Å².